The molecule has 0 saturated carbocycles. The third-order valence-corrected chi connectivity index (χ3v) is 3.57. The third kappa shape index (κ3) is 5.32. The summed E-state index contributed by atoms with van der Waals surface area (Å²) in [7, 11) is 0. The summed E-state index contributed by atoms with van der Waals surface area (Å²) < 4.78 is 34.4. The number of halogens is 1. The van der Waals surface area contributed by atoms with E-state index in [1.54, 1.807) is 26.8 Å². The minimum absolute atomic E-state index is 0.0167. The lowest BCUT2D eigenvalue weighted by atomic mass is 9.93. The highest BCUT2D eigenvalue weighted by atomic mass is 19.1. The van der Waals surface area contributed by atoms with Crippen molar-refractivity contribution in [2.75, 3.05) is 13.4 Å². The summed E-state index contributed by atoms with van der Waals surface area (Å²) in [6, 6.07) is 2.75. The molecule has 1 heterocycles. The lowest BCUT2D eigenvalue weighted by molar-refractivity contribution is -0.167. The molecule has 26 heavy (non-hydrogen) atoms. The van der Waals surface area contributed by atoms with Crippen LogP contribution in [0.2, 0.25) is 0 Å². The Morgan fingerprint density at radius 3 is 2.62 bits per heavy atom. The van der Waals surface area contributed by atoms with E-state index in [2.05, 4.69) is 0 Å². The summed E-state index contributed by atoms with van der Waals surface area (Å²) in [5, 5.41) is 10.3. The van der Waals surface area contributed by atoms with Gasteiger partial charge in [-0.3, -0.25) is 9.59 Å². The molecule has 0 aliphatic carbocycles. The number of hydrogen-bond acceptors (Lipinski definition) is 7. The predicted octanol–water partition coefficient (Wildman–Crippen LogP) is 1.98. The zero-order valence-corrected chi connectivity index (χ0v) is 15.2. The van der Waals surface area contributed by atoms with Gasteiger partial charge < -0.3 is 24.1 Å². The summed E-state index contributed by atoms with van der Waals surface area (Å²) in [6.07, 6.45) is -1.33. The van der Waals surface area contributed by atoms with Crippen molar-refractivity contribution in [3.8, 4) is 11.5 Å². The van der Waals surface area contributed by atoms with Crippen LogP contribution < -0.4 is 9.47 Å². The molecule has 1 aromatic carbocycles. The molecule has 2 rings (SSSR count). The van der Waals surface area contributed by atoms with Gasteiger partial charge in [0.15, 0.2) is 11.6 Å². The molecule has 1 N–H and O–H groups in total. The molecule has 0 amide bonds. The van der Waals surface area contributed by atoms with E-state index in [9.17, 15) is 19.1 Å². The van der Waals surface area contributed by atoms with Crippen LogP contribution in [0.1, 0.15) is 33.3 Å². The molecule has 0 bridgehead atoms. The van der Waals surface area contributed by atoms with E-state index in [-0.39, 0.29) is 31.3 Å². The maximum Gasteiger partial charge on any atom is 0.312 e. The molecule has 1 aromatic rings. The van der Waals surface area contributed by atoms with Crippen LogP contribution in [0.4, 0.5) is 4.39 Å². The number of rotatable bonds is 6. The van der Waals surface area contributed by atoms with Crippen molar-refractivity contribution in [2.24, 2.45) is 5.92 Å². The zero-order valence-electron chi connectivity index (χ0n) is 15.2. The van der Waals surface area contributed by atoms with Crippen molar-refractivity contribution in [2.45, 2.75) is 45.8 Å². The molecular weight excluding hydrogens is 347 g/mol. The Labute approximate surface area is 151 Å². The summed E-state index contributed by atoms with van der Waals surface area (Å²) in [4.78, 5) is 23.5. The van der Waals surface area contributed by atoms with E-state index in [1.807, 2.05) is 0 Å². The van der Waals surface area contributed by atoms with Crippen LogP contribution in [0.5, 0.6) is 11.5 Å². The number of fused-ring (bicyclic) bond motifs is 1. The van der Waals surface area contributed by atoms with Gasteiger partial charge in [0.25, 0.3) is 0 Å². The van der Waals surface area contributed by atoms with Gasteiger partial charge in [-0.15, -0.1) is 0 Å². The SMILES string of the molecule is CC(=O)OC[C@H](O)[C@H](Cc1cc(F)c2c(c1)OCO2)C(=O)OC(C)(C)C. The van der Waals surface area contributed by atoms with E-state index in [1.165, 1.54) is 13.0 Å². The molecule has 0 radical (unpaired) electrons. The Balaban J connectivity index is 2.21. The summed E-state index contributed by atoms with van der Waals surface area (Å²) >= 11 is 0. The quantitative estimate of drug-likeness (QED) is 0.766. The third-order valence-electron chi connectivity index (χ3n) is 3.57. The van der Waals surface area contributed by atoms with Gasteiger partial charge in [-0.25, -0.2) is 4.39 Å². The highest BCUT2D eigenvalue weighted by Gasteiger charge is 2.33. The van der Waals surface area contributed by atoms with Gasteiger partial charge in [0, 0.05) is 6.92 Å². The van der Waals surface area contributed by atoms with Crippen molar-refractivity contribution in [1.82, 2.24) is 0 Å². The van der Waals surface area contributed by atoms with Gasteiger partial charge in [-0.1, -0.05) is 0 Å². The number of carbonyl (C=O) groups excluding carboxylic acids is 2. The maximum atomic E-state index is 14.1. The molecule has 0 fully saturated rings. The zero-order chi connectivity index (χ0) is 19.5. The van der Waals surface area contributed by atoms with Gasteiger partial charge in [0.1, 0.15) is 18.3 Å². The second kappa shape index (κ2) is 7.90. The molecule has 8 heteroatoms. The van der Waals surface area contributed by atoms with Gasteiger partial charge in [-0.05, 0) is 44.9 Å². The molecule has 0 spiro atoms. The normalized spacial score (nSPS) is 15.3. The first-order valence-corrected chi connectivity index (χ1v) is 8.19. The topological polar surface area (TPSA) is 91.3 Å². The van der Waals surface area contributed by atoms with Crippen molar-refractivity contribution >= 4 is 11.9 Å². The fourth-order valence-corrected chi connectivity index (χ4v) is 2.47. The van der Waals surface area contributed by atoms with E-state index in [4.69, 9.17) is 18.9 Å². The predicted molar refractivity (Wildman–Crippen MR) is 88.2 cm³/mol. The minimum Gasteiger partial charge on any atom is -0.463 e. The first kappa shape index (κ1) is 20.0. The summed E-state index contributed by atoms with van der Waals surface area (Å²) in [6.45, 7) is 5.83. The molecule has 7 nitrogen and oxygen atoms in total. The summed E-state index contributed by atoms with van der Waals surface area (Å²) in [5.74, 6) is -2.67. The molecule has 1 aliphatic heterocycles. The Morgan fingerprint density at radius 2 is 2.00 bits per heavy atom. The van der Waals surface area contributed by atoms with Crippen molar-refractivity contribution in [3.05, 3.63) is 23.5 Å². The molecule has 2 atom stereocenters. The number of carbonyl (C=O) groups is 2. The van der Waals surface area contributed by atoms with E-state index >= 15 is 0 Å². The van der Waals surface area contributed by atoms with Crippen LogP contribution in [-0.4, -0.2) is 42.1 Å². The second-order valence-electron chi connectivity index (χ2n) is 7.03. The first-order chi connectivity index (χ1) is 12.1. The summed E-state index contributed by atoms with van der Waals surface area (Å²) in [5.41, 5.74) is -0.346. The van der Waals surface area contributed by atoms with Crippen molar-refractivity contribution in [1.29, 1.82) is 0 Å². The highest BCUT2D eigenvalue weighted by molar-refractivity contribution is 5.74. The van der Waals surface area contributed by atoms with Crippen LogP contribution in [0.15, 0.2) is 12.1 Å². The van der Waals surface area contributed by atoms with Gasteiger partial charge in [-0.2, -0.15) is 0 Å². The standard InChI is InChI=1S/C18H23FO7/c1-10(20)23-8-14(21)12(17(22)26-18(2,3)4)5-11-6-13(19)16-15(7-11)24-9-25-16/h6-7,12,14,21H,5,8-9H2,1-4H3/t12-,14-/m0/s1. The molecule has 144 valence electrons. The van der Waals surface area contributed by atoms with E-state index in [0.717, 1.165) is 0 Å². The van der Waals surface area contributed by atoms with Crippen LogP contribution in [0, 0.1) is 11.7 Å². The van der Waals surface area contributed by atoms with Gasteiger partial charge in [0.2, 0.25) is 12.5 Å². The number of aliphatic hydroxyl groups is 1. The lowest BCUT2D eigenvalue weighted by Gasteiger charge is -2.26. The maximum absolute atomic E-state index is 14.1. The molecule has 0 unspecified atom stereocenters. The Bertz CT molecular complexity index is 681. The largest absolute Gasteiger partial charge is 0.463 e. The first-order valence-electron chi connectivity index (χ1n) is 8.19. The Hall–Kier alpha value is -2.35. The number of ether oxygens (including phenoxy) is 4. The highest BCUT2D eigenvalue weighted by Crippen LogP contribution is 2.36. The van der Waals surface area contributed by atoms with Crippen LogP contribution in [0.25, 0.3) is 0 Å². The molecular formula is C18H23FO7. The lowest BCUT2D eigenvalue weighted by Crippen LogP contribution is -2.38. The number of aliphatic hydroxyl groups excluding tert-OH is 1. The fourth-order valence-electron chi connectivity index (χ4n) is 2.47. The number of hydrogen-bond donors (Lipinski definition) is 1. The van der Waals surface area contributed by atoms with Gasteiger partial charge in [0.05, 0.1) is 5.92 Å². The Morgan fingerprint density at radius 1 is 1.31 bits per heavy atom. The smallest absolute Gasteiger partial charge is 0.312 e. The molecule has 1 aliphatic rings. The van der Waals surface area contributed by atoms with E-state index in [0.29, 0.717) is 5.56 Å². The average Bonchev–Trinajstić information content (AvgIpc) is 2.97. The van der Waals surface area contributed by atoms with E-state index < -0.39 is 35.4 Å². The van der Waals surface area contributed by atoms with Crippen molar-refractivity contribution < 1.29 is 38.0 Å². The second-order valence-corrected chi connectivity index (χ2v) is 7.03. The number of benzene rings is 1. The minimum atomic E-state index is -1.30. The van der Waals surface area contributed by atoms with Crippen LogP contribution in [-0.2, 0) is 25.5 Å². The molecule has 0 saturated heterocycles. The number of esters is 2. The molecule has 0 aromatic heterocycles. The van der Waals surface area contributed by atoms with Crippen LogP contribution in [0.3, 0.4) is 0 Å². The Kier molecular flexibility index (Phi) is 6.07. The average molecular weight is 370 g/mol. The van der Waals surface area contributed by atoms with Gasteiger partial charge >= 0.3 is 11.9 Å². The monoisotopic (exact) mass is 370 g/mol. The van der Waals surface area contributed by atoms with Crippen LogP contribution >= 0.6 is 0 Å². The fraction of sp³-hybridized carbons (Fsp3) is 0.556. The van der Waals surface area contributed by atoms with Crippen molar-refractivity contribution in [3.63, 3.8) is 0 Å².